The summed E-state index contributed by atoms with van der Waals surface area (Å²) in [6.45, 7) is 13.8. The van der Waals surface area contributed by atoms with Crippen molar-refractivity contribution in [1.82, 2.24) is 15.5 Å². The number of likely N-dealkylation sites (N-methyl/N-ethyl adjacent to an activating group) is 1. The van der Waals surface area contributed by atoms with Gasteiger partial charge in [-0.3, -0.25) is 9.59 Å². The van der Waals surface area contributed by atoms with Gasteiger partial charge in [-0.25, -0.2) is 4.79 Å². The molecule has 2 atom stereocenters. The van der Waals surface area contributed by atoms with E-state index in [9.17, 15) is 14.4 Å². The van der Waals surface area contributed by atoms with Gasteiger partial charge in [-0.1, -0.05) is 51.3 Å². The molecule has 0 aromatic heterocycles. The van der Waals surface area contributed by atoms with Crippen molar-refractivity contribution in [1.29, 1.82) is 0 Å². The Labute approximate surface area is 205 Å². The van der Waals surface area contributed by atoms with Crippen LogP contribution in [0.4, 0.5) is 4.79 Å². The first-order valence-corrected chi connectivity index (χ1v) is 12.1. The summed E-state index contributed by atoms with van der Waals surface area (Å²) in [6.07, 6.45) is 7.20. The number of nitrogens with zero attached hydrogens (tertiary/aromatic N) is 1. The van der Waals surface area contributed by atoms with Crippen molar-refractivity contribution in [3.63, 3.8) is 0 Å². The summed E-state index contributed by atoms with van der Waals surface area (Å²) < 4.78 is 5.38. The van der Waals surface area contributed by atoms with Crippen LogP contribution in [-0.2, 0) is 14.3 Å². The second-order valence-electron chi connectivity index (χ2n) is 9.73. The molecule has 2 unspecified atom stereocenters. The average molecular weight is 472 g/mol. The molecule has 0 aliphatic rings. The van der Waals surface area contributed by atoms with Gasteiger partial charge in [-0.15, -0.1) is 6.42 Å². The van der Waals surface area contributed by atoms with Gasteiger partial charge in [0.1, 0.15) is 17.7 Å². The standard InChI is InChI=1S/C27H41N3O4/c1-9-12-17-28-24(31)23(21-16-14-13-15-20(21)10-2)30(11-3)25(32)22(18-19(4)5)29-26(33)34-27(6,7)8/h2,13-16,19,22-23H,9,11-12,17-18H2,1,3-8H3,(H,28,31)(H,29,33). The number of nitrogens with one attached hydrogen (secondary N) is 2. The molecule has 1 aromatic carbocycles. The highest BCUT2D eigenvalue weighted by atomic mass is 16.6. The molecule has 0 saturated heterocycles. The Hall–Kier alpha value is -3.01. The minimum atomic E-state index is -0.920. The van der Waals surface area contributed by atoms with E-state index in [2.05, 4.69) is 16.6 Å². The number of rotatable bonds is 11. The zero-order chi connectivity index (χ0) is 25.9. The van der Waals surface area contributed by atoms with Crippen molar-refractivity contribution in [2.24, 2.45) is 5.92 Å². The number of ether oxygens (including phenoxy) is 1. The van der Waals surface area contributed by atoms with Gasteiger partial charge in [0, 0.05) is 18.7 Å². The van der Waals surface area contributed by atoms with Gasteiger partial charge >= 0.3 is 6.09 Å². The van der Waals surface area contributed by atoms with E-state index in [-0.39, 0.29) is 24.3 Å². The minimum Gasteiger partial charge on any atom is -0.444 e. The molecule has 0 aliphatic heterocycles. The second kappa shape index (κ2) is 13.6. The Kier molecular flexibility index (Phi) is 11.6. The third-order valence-corrected chi connectivity index (χ3v) is 5.12. The summed E-state index contributed by atoms with van der Waals surface area (Å²) in [4.78, 5) is 41.1. The quantitative estimate of drug-likeness (QED) is 0.370. The molecule has 1 aromatic rings. The third-order valence-electron chi connectivity index (χ3n) is 5.12. The highest BCUT2D eigenvalue weighted by Gasteiger charge is 2.36. The van der Waals surface area contributed by atoms with Crippen molar-refractivity contribution in [3.05, 3.63) is 35.4 Å². The summed E-state index contributed by atoms with van der Waals surface area (Å²) >= 11 is 0. The first-order valence-electron chi connectivity index (χ1n) is 12.1. The highest BCUT2D eigenvalue weighted by molar-refractivity contribution is 5.92. The Morgan fingerprint density at radius 3 is 2.32 bits per heavy atom. The van der Waals surface area contributed by atoms with Crippen LogP contribution in [0.3, 0.4) is 0 Å². The summed E-state index contributed by atoms with van der Waals surface area (Å²) in [5, 5.41) is 5.66. The number of benzene rings is 1. The van der Waals surface area contributed by atoms with Crippen LogP contribution in [0.1, 0.15) is 84.9 Å². The summed E-state index contributed by atoms with van der Waals surface area (Å²) in [5.74, 6) is 2.09. The minimum absolute atomic E-state index is 0.123. The Morgan fingerprint density at radius 1 is 1.15 bits per heavy atom. The van der Waals surface area contributed by atoms with Gasteiger partial charge < -0.3 is 20.3 Å². The molecule has 0 heterocycles. The van der Waals surface area contributed by atoms with Crippen LogP contribution in [0.15, 0.2) is 24.3 Å². The fourth-order valence-corrected chi connectivity index (χ4v) is 3.61. The van der Waals surface area contributed by atoms with Crippen LogP contribution >= 0.6 is 0 Å². The van der Waals surface area contributed by atoms with Crippen LogP contribution in [0.5, 0.6) is 0 Å². The van der Waals surface area contributed by atoms with Gasteiger partial charge in [0.2, 0.25) is 11.8 Å². The van der Waals surface area contributed by atoms with Crippen LogP contribution in [-0.4, -0.2) is 47.5 Å². The van der Waals surface area contributed by atoms with Crippen LogP contribution in [0.25, 0.3) is 0 Å². The molecule has 0 fully saturated rings. The molecule has 3 amide bonds. The molecule has 2 N–H and O–H groups in total. The van der Waals surface area contributed by atoms with E-state index in [0.29, 0.717) is 24.1 Å². The maximum Gasteiger partial charge on any atom is 0.408 e. The fraction of sp³-hybridized carbons (Fsp3) is 0.593. The second-order valence-corrected chi connectivity index (χ2v) is 9.73. The smallest absolute Gasteiger partial charge is 0.408 e. The summed E-state index contributed by atoms with van der Waals surface area (Å²) in [6, 6.07) is 5.36. The lowest BCUT2D eigenvalue weighted by Gasteiger charge is -2.34. The van der Waals surface area contributed by atoms with Crippen molar-refractivity contribution in [2.45, 2.75) is 85.4 Å². The molecular weight excluding hydrogens is 430 g/mol. The molecule has 7 nitrogen and oxygen atoms in total. The zero-order valence-corrected chi connectivity index (χ0v) is 21.7. The van der Waals surface area contributed by atoms with Crippen molar-refractivity contribution in [3.8, 4) is 12.3 Å². The fourth-order valence-electron chi connectivity index (χ4n) is 3.61. The molecule has 0 saturated carbocycles. The first kappa shape index (κ1) is 29.0. The lowest BCUT2D eigenvalue weighted by molar-refractivity contribution is -0.142. The van der Waals surface area contributed by atoms with Gasteiger partial charge in [-0.2, -0.15) is 0 Å². The Morgan fingerprint density at radius 2 is 1.79 bits per heavy atom. The van der Waals surface area contributed by atoms with Gasteiger partial charge in [-0.05, 0) is 58.1 Å². The lowest BCUT2D eigenvalue weighted by atomic mass is 9.96. The molecule has 0 bridgehead atoms. The zero-order valence-electron chi connectivity index (χ0n) is 21.7. The first-order chi connectivity index (χ1) is 15.9. The molecule has 0 aliphatic carbocycles. The average Bonchev–Trinajstić information content (AvgIpc) is 2.75. The molecule has 1 rings (SSSR count). The monoisotopic (exact) mass is 471 g/mol. The number of alkyl carbamates (subject to hydrolysis) is 1. The SMILES string of the molecule is C#Cc1ccccc1C(C(=O)NCCCC)N(CC)C(=O)C(CC(C)C)NC(=O)OC(C)(C)C. The van der Waals surface area contributed by atoms with E-state index < -0.39 is 23.8 Å². The van der Waals surface area contributed by atoms with Crippen LogP contribution < -0.4 is 10.6 Å². The Balaban J connectivity index is 3.39. The molecular formula is C27H41N3O4. The number of carbonyl (C=O) groups is 3. The molecule has 0 spiro atoms. The van der Waals surface area contributed by atoms with E-state index in [1.54, 1.807) is 45.0 Å². The summed E-state index contributed by atoms with van der Waals surface area (Å²) in [5.41, 5.74) is 0.424. The predicted octanol–water partition coefficient (Wildman–Crippen LogP) is 4.41. The highest BCUT2D eigenvalue weighted by Crippen LogP contribution is 2.26. The normalized spacial score (nSPS) is 12.9. The van der Waals surface area contributed by atoms with E-state index in [0.717, 1.165) is 12.8 Å². The van der Waals surface area contributed by atoms with E-state index in [4.69, 9.17) is 11.2 Å². The van der Waals surface area contributed by atoms with Gasteiger partial charge in [0.25, 0.3) is 0 Å². The van der Waals surface area contributed by atoms with Crippen molar-refractivity contribution >= 4 is 17.9 Å². The van der Waals surface area contributed by atoms with Gasteiger partial charge in [0.15, 0.2) is 0 Å². The number of amides is 3. The summed E-state index contributed by atoms with van der Waals surface area (Å²) in [7, 11) is 0. The number of carbonyl (C=O) groups excluding carboxylic acids is 3. The van der Waals surface area contributed by atoms with E-state index in [1.165, 1.54) is 4.90 Å². The van der Waals surface area contributed by atoms with E-state index in [1.807, 2.05) is 27.7 Å². The number of hydrogen-bond acceptors (Lipinski definition) is 4. The topological polar surface area (TPSA) is 87.7 Å². The molecule has 34 heavy (non-hydrogen) atoms. The number of terminal acetylenes is 1. The maximum absolute atomic E-state index is 13.8. The molecule has 7 heteroatoms. The number of unbranched alkanes of at least 4 members (excludes halogenated alkanes) is 1. The Bertz CT molecular complexity index is 867. The molecule has 0 radical (unpaired) electrons. The molecule has 188 valence electrons. The third kappa shape index (κ3) is 9.09. The largest absolute Gasteiger partial charge is 0.444 e. The van der Waals surface area contributed by atoms with Gasteiger partial charge in [0.05, 0.1) is 0 Å². The predicted molar refractivity (Wildman–Crippen MR) is 135 cm³/mol. The number of hydrogen-bond donors (Lipinski definition) is 2. The lowest BCUT2D eigenvalue weighted by Crippen LogP contribution is -2.53. The van der Waals surface area contributed by atoms with Crippen molar-refractivity contribution in [2.75, 3.05) is 13.1 Å². The van der Waals surface area contributed by atoms with Crippen molar-refractivity contribution < 1.29 is 19.1 Å². The van der Waals surface area contributed by atoms with Crippen LogP contribution in [0, 0.1) is 18.3 Å². The maximum atomic E-state index is 13.8. The van der Waals surface area contributed by atoms with E-state index >= 15 is 0 Å². The van der Waals surface area contributed by atoms with Crippen LogP contribution in [0.2, 0.25) is 0 Å².